The molecular formula is C12H23N3O2. The maximum Gasteiger partial charge on any atom is 0.242 e. The van der Waals surface area contributed by atoms with Crippen molar-refractivity contribution in [3.8, 4) is 0 Å². The smallest absolute Gasteiger partial charge is 0.242 e. The van der Waals surface area contributed by atoms with Gasteiger partial charge in [-0.15, -0.1) is 0 Å². The first-order chi connectivity index (χ1) is 8.09. The van der Waals surface area contributed by atoms with Crippen LogP contribution in [-0.2, 0) is 9.53 Å². The van der Waals surface area contributed by atoms with Crippen LogP contribution in [0.25, 0.3) is 0 Å². The monoisotopic (exact) mass is 241 g/mol. The zero-order chi connectivity index (χ0) is 12.4. The Bertz CT molecular complexity index is 277. The predicted octanol–water partition coefficient (Wildman–Crippen LogP) is -0.617. The molecule has 5 heteroatoms. The summed E-state index contributed by atoms with van der Waals surface area (Å²) in [6, 6.07) is 0.334. The van der Waals surface area contributed by atoms with E-state index in [1.807, 2.05) is 4.90 Å². The number of carbonyl (C=O) groups excluding carboxylic acids is 1. The number of likely N-dealkylation sites (tertiary alicyclic amines) is 1. The molecule has 1 N–H and O–H groups in total. The van der Waals surface area contributed by atoms with E-state index in [-0.39, 0.29) is 11.9 Å². The highest BCUT2D eigenvalue weighted by Gasteiger charge is 2.36. The van der Waals surface area contributed by atoms with Gasteiger partial charge >= 0.3 is 0 Å². The molecule has 2 aliphatic rings. The Morgan fingerprint density at radius 3 is 2.71 bits per heavy atom. The van der Waals surface area contributed by atoms with E-state index >= 15 is 0 Å². The third-order valence-electron chi connectivity index (χ3n) is 3.77. The van der Waals surface area contributed by atoms with Crippen molar-refractivity contribution < 1.29 is 9.53 Å². The second kappa shape index (κ2) is 5.33. The molecule has 2 rings (SSSR count). The van der Waals surface area contributed by atoms with Gasteiger partial charge < -0.3 is 19.9 Å². The summed E-state index contributed by atoms with van der Waals surface area (Å²) in [4.78, 5) is 16.5. The second-order valence-electron chi connectivity index (χ2n) is 5.33. The number of likely N-dealkylation sites (N-methyl/N-ethyl adjacent to an activating group) is 1. The topological polar surface area (TPSA) is 44.8 Å². The summed E-state index contributed by atoms with van der Waals surface area (Å²) in [6.45, 7) is 5.90. The van der Waals surface area contributed by atoms with Crippen LogP contribution in [0, 0.1) is 5.92 Å². The zero-order valence-corrected chi connectivity index (χ0v) is 11.0. The number of carbonyl (C=O) groups is 1. The summed E-state index contributed by atoms with van der Waals surface area (Å²) < 4.78 is 5.34. The molecule has 2 heterocycles. The normalized spacial score (nSPS) is 34.4. The summed E-state index contributed by atoms with van der Waals surface area (Å²) in [5.41, 5.74) is 0. The van der Waals surface area contributed by atoms with Gasteiger partial charge in [0, 0.05) is 25.7 Å². The van der Waals surface area contributed by atoms with Gasteiger partial charge in [0.2, 0.25) is 5.91 Å². The lowest BCUT2D eigenvalue weighted by Crippen LogP contribution is -2.52. The molecule has 0 aromatic carbocycles. The Kier molecular flexibility index (Phi) is 4.01. The minimum Gasteiger partial charge on any atom is -0.378 e. The Labute approximate surface area is 103 Å². The summed E-state index contributed by atoms with van der Waals surface area (Å²) in [7, 11) is 4.16. The fourth-order valence-corrected chi connectivity index (χ4v) is 2.75. The van der Waals surface area contributed by atoms with Gasteiger partial charge in [-0.2, -0.15) is 0 Å². The number of hydrogen-bond acceptors (Lipinski definition) is 4. The largest absolute Gasteiger partial charge is 0.378 e. The number of ether oxygens (including phenoxy) is 1. The number of amides is 1. The number of rotatable bonds is 2. The Hall–Kier alpha value is -0.650. The molecule has 0 spiro atoms. The molecular weight excluding hydrogens is 218 g/mol. The molecule has 0 aromatic rings. The molecule has 17 heavy (non-hydrogen) atoms. The van der Waals surface area contributed by atoms with Crippen molar-refractivity contribution in [2.45, 2.75) is 19.0 Å². The first-order valence-corrected chi connectivity index (χ1v) is 6.36. The van der Waals surface area contributed by atoms with Crippen LogP contribution >= 0.6 is 0 Å². The lowest BCUT2D eigenvalue weighted by molar-refractivity contribution is -0.135. The molecule has 98 valence electrons. The fraction of sp³-hybridized carbons (Fsp3) is 0.917. The van der Waals surface area contributed by atoms with Gasteiger partial charge in [-0.25, -0.2) is 0 Å². The standard InChI is InChI=1S/C12H23N3O2/c1-9-6-15(7-11(9)14(2)3)12(16)10-8-17-5-4-13-10/h9-11,13H,4-8H2,1-3H3. The molecule has 0 aromatic heterocycles. The maximum atomic E-state index is 12.3. The average Bonchev–Trinajstić information content (AvgIpc) is 2.71. The molecule has 2 saturated heterocycles. The SMILES string of the molecule is CC1CN(C(=O)C2COCCN2)CC1N(C)C. The molecule has 0 radical (unpaired) electrons. The molecule has 0 bridgehead atoms. The Morgan fingerprint density at radius 2 is 2.18 bits per heavy atom. The molecule has 2 aliphatic heterocycles. The second-order valence-corrected chi connectivity index (χ2v) is 5.33. The van der Waals surface area contributed by atoms with E-state index in [0.29, 0.717) is 25.2 Å². The minimum atomic E-state index is -0.142. The Balaban J connectivity index is 1.92. The van der Waals surface area contributed by atoms with Crippen molar-refractivity contribution in [2.24, 2.45) is 5.92 Å². The number of morpholine rings is 1. The highest BCUT2D eigenvalue weighted by Crippen LogP contribution is 2.20. The van der Waals surface area contributed by atoms with Crippen LogP contribution in [-0.4, -0.2) is 74.7 Å². The van der Waals surface area contributed by atoms with E-state index in [1.165, 1.54) is 0 Å². The van der Waals surface area contributed by atoms with Crippen molar-refractivity contribution in [3.63, 3.8) is 0 Å². The van der Waals surface area contributed by atoms with Gasteiger partial charge in [-0.1, -0.05) is 6.92 Å². The van der Waals surface area contributed by atoms with E-state index in [4.69, 9.17) is 4.74 Å². The highest BCUT2D eigenvalue weighted by molar-refractivity contribution is 5.82. The van der Waals surface area contributed by atoms with Crippen LogP contribution in [0.5, 0.6) is 0 Å². The molecule has 1 amide bonds. The molecule has 3 unspecified atom stereocenters. The van der Waals surface area contributed by atoms with Crippen molar-refractivity contribution in [2.75, 3.05) is 46.9 Å². The van der Waals surface area contributed by atoms with Gasteiger partial charge in [0.15, 0.2) is 0 Å². The lowest BCUT2D eigenvalue weighted by atomic mass is 10.1. The van der Waals surface area contributed by atoms with Gasteiger partial charge in [0.1, 0.15) is 6.04 Å². The first-order valence-electron chi connectivity index (χ1n) is 6.36. The molecule has 0 saturated carbocycles. The predicted molar refractivity (Wildman–Crippen MR) is 65.8 cm³/mol. The summed E-state index contributed by atoms with van der Waals surface area (Å²) >= 11 is 0. The molecule has 5 nitrogen and oxygen atoms in total. The Morgan fingerprint density at radius 1 is 1.41 bits per heavy atom. The van der Waals surface area contributed by atoms with Crippen molar-refractivity contribution in [1.82, 2.24) is 15.1 Å². The molecule has 0 aliphatic carbocycles. The van der Waals surface area contributed by atoms with Crippen molar-refractivity contribution in [1.29, 1.82) is 0 Å². The quantitative estimate of drug-likeness (QED) is 0.700. The van der Waals surface area contributed by atoms with Crippen LogP contribution in [0.4, 0.5) is 0 Å². The number of nitrogens with one attached hydrogen (secondary N) is 1. The van der Waals surface area contributed by atoms with Crippen molar-refractivity contribution >= 4 is 5.91 Å². The lowest BCUT2D eigenvalue weighted by Gasteiger charge is -2.28. The van der Waals surface area contributed by atoms with Gasteiger partial charge in [0.25, 0.3) is 0 Å². The average molecular weight is 241 g/mol. The van der Waals surface area contributed by atoms with Crippen molar-refractivity contribution in [3.05, 3.63) is 0 Å². The maximum absolute atomic E-state index is 12.3. The zero-order valence-electron chi connectivity index (χ0n) is 11.0. The highest BCUT2D eigenvalue weighted by atomic mass is 16.5. The van der Waals surface area contributed by atoms with E-state index in [2.05, 4.69) is 31.2 Å². The van der Waals surface area contributed by atoms with E-state index in [1.54, 1.807) is 0 Å². The van der Waals surface area contributed by atoms with Gasteiger partial charge in [-0.3, -0.25) is 4.79 Å². The van der Waals surface area contributed by atoms with Crippen LogP contribution in [0.1, 0.15) is 6.92 Å². The molecule has 3 atom stereocenters. The van der Waals surface area contributed by atoms with Gasteiger partial charge in [-0.05, 0) is 20.0 Å². The van der Waals surface area contributed by atoms with E-state index in [0.717, 1.165) is 19.6 Å². The summed E-state index contributed by atoms with van der Waals surface area (Å²) in [6.07, 6.45) is 0. The number of hydrogen-bond donors (Lipinski definition) is 1. The van der Waals surface area contributed by atoms with Crippen LogP contribution in [0.3, 0.4) is 0 Å². The van der Waals surface area contributed by atoms with E-state index < -0.39 is 0 Å². The fourth-order valence-electron chi connectivity index (χ4n) is 2.75. The molecule has 2 fully saturated rings. The summed E-state index contributed by atoms with van der Waals surface area (Å²) in [5, 5.41) is 3.22. The summed E-state index contributed by atoms with van der Waals surface area (Å²) in [5.74, 6) is 0.736. The van der Waals surface area contributed by atoms with Crippen LogP contribution in [0.2, 0.25) is 0 Å². The van der Waals surface area contributed by atoms with E-state index in [9.17, 15) is 4.79 Å². The van der Waals surface area contributed by atoms with Crippen LogP contribution < -0.4 is 5.32 Å². The minimum absolute atomic E-state index is 0.142. The third-order valence-corrected chi connectivity index (χ3v) is 3.77. The van der Waals surface area contributed by atoms with Crippen LogP contribution in [0.15, 0.2) is 0 Å². The third kappa shape index (κ3) is 2.78. The number of nitrogens with zero attached hydrogens (tertiary/aromatic N) is 2. The first kappa shape index (κ1) is 12.8. The van der Waals surface area contributed by atoms with Gasteiger partial charge in [0.05, 0.1) is 13.2 Å².